The number of aromatic nitrogens is 5. The van der Waals surface area contributed by atoms with Gasteiger partial charge in [0.25, 0.3) is 5.78 Å². The second-order valence-electron chi connectivity index (χ2n) is 9.72. The summed E-state index contributed by atoms with van der Waals surface area (Å²) in [5.74, 6) is 0.882. The number of carbonyl (C=O) groups is 1. The standard InChI is InChI=1S/C25H28FN9O3/c26-18-13-17(22(36)37)5-6-19(18)33-10-8-32(9-11-33)14-16-3-1-7-34(15-16)24-29-23(27)35-25(30-24)28-21(31-35)20-4-2-12-38-20/h2,4-6,12-13,16H,1,3,7-11,14-15H2,(H,36,37)(H2,27,28,29,30,31)/t16-/m1/s1. The first-order valence-electron chi connectivity index (χ1n) is 12.6. The van der Waals surface area contributed by atoms with Crippen molar-refractivity contribution in [3.63, 3.8) is 0 Å². The minimum Gasteiger partial charge on any atom is -0.478 e. The van der Waals surface area contributed by atoms with Crippen LogP contribution in [0.1, 0.15) is 23.2 Å². The number of hydrogen-bond acceptors (Lipinski definition) is 10. The highest BCUT2D eigenvalue weighted by atomic mass is 19.1. The number of carboxylic acids is 1. The Labute approximate surface area is 217 Å². The van der Waals surface area contributed by atoms with Crippen LogP contribution in [0, 0.1) is 11.7 Å². The third-order valence-corrected chi connectivity index (χ3v) is 7.19. The summed E-state index contributed by atoms with van der Waals surface area (Å²) in [6.07, 6.45) is 3.68. The van der Waals surface area contributed by atoms with Crippen LogP contribution in [0.5, 0.6) is 0 Å². The number of nitrogen functional groups attached to an aromatic ring is 1. The van der Waals surface area contributed by atoms with Crippen molar-refractivity contribution in [3.8, 4) is 11.6 Å². The van der Waals surface area contributed by atoms with Gasteiger partial charge in [-0.05, 0) is 49.1 Å². The molecule has 3 aromatic heterocycles. The van der Waals surface area contributed by atoms with Gasteiger partial charge in [-0.3, -0.25) is 4.90 Å². The fourth-order valence-corrected chi connectivity index (χ4v) is 5.27. The summed E-state index contributed by atoms with van der Waals surface area (Å²) in [7, 11) is 0. The molecule has 0 amide bonds. The first-order valence-corrected chi connectivity index (χ1v) is 12.6. The summed E-state index contributed by atoms with van der Waals surface area (Å²) in [5, 5.41) is 13.4. The minimum absolute atomic E-state index is 0.0430. The molecule has 2 aliphatic rings. The van der Waals surface area contributed by atoms with Gasteiger partial charge >= 0.3 is 5.97 Å². The number of halogens is 1. The van der Waals surface area contributed by atoms with E-state index < -0.39 is 11.8 Å². The lowest BCUT2D eigenvalue weighted by molar-refractivity contribution is 0.0696. The second-order valence-corrected chi connectivity index (χ2v) is 9.72. The van der Waals surface area contributed by atoms with Gasteiger partial charge in [-0.2, -0.15) is 19.5 Å². The van der Waals surface area contributed by atoms with Gasteiger partial charge in [0.1, 0.15) is 5.82 Å². The zero-order chi connectivity index (χ0) is 26.2. The van der Waals surface area contributed by atoms with Crippen molar-refractivity contribution in [1.29, 1.82) is 0 Å². The van der Waals surface area contributed by atoms with E-state index >= 15 is 0 Å². The van der Waals surface area contributed by atoms with Crippen LogP contribution in [-0.4, -0.2) is 86.4 Å². The van der Waals surface area contributed by atoms with Gasteiger partial charge in [-0.15, -0.1) is 5.10 Å². The fraction of sp³-hybridized carbons (Fsp3) is 0.400. The van der Waals surface area contributed by atoms with E-state index in [1.807, 2.05) is 4.90 Å². The summed E-state index contributed by atoms with van der Waals surface area (Å²) in [5.41, 5.74) is 6.60. The topological polar surface area (TPSA) is 142 Å². The van der Waals surface area contributed by atoms with Crippen molar-refractivity contribution in [2.75, 3.05) is 61.3 Å². The Morgan fingerprint density at radius 3 is 2.68 bits per heavy atom. The summed E-state index contributed by atoms with van der Waals surface area (Å²) in [6, 6.07) is 7.65. The average molecular weight is 522 g/mol. The number of aromatic carboxylic acids is 1. The highest BCUT2D eigenvalue weighted by Gasteiger charge is 2.27. The van der Waals surface area contributed by atoms with Crippen LogP contribution in [0.3, 0.4) is 0 Å². The summed E-state index contributed by atoms with van der Waals surface area (Å²) >= 11 is 0. The van der Waals surface area contributed by atoms with Crippen molar-refractivity contribution >= 4 is 29.3 Å². The average Bonchev–Trinajstić information content (AvgIpc) is 3.60. The summed E-state index contributed by atoms with van der Waals surface area (Å²) < 4.78 is 21.3. The van der Waals surface area contributed by atoms with E-state index in [-0.39, 0.29) is 11.5 Å². The number of piperidine rings is 1. The van der Waals surface area contributed by atoms with Crippen LogP contribution in [0.2, 0.25) is 0 Å². The monoisotopic (exact) mass is 521 g/mol. The van der Waals surface area contributed by atoms with Gasteiger partial charge in [-0.1, -0.05) is 0 Å². The summed E-state index contributed by atoms with van der Waals surface area (Å²) in [6.45, 7) is 5.55. The molecular weight excluding hydrogens is 493 g/mol. The molecule has 198 valence electrons. The van der Waals surface area contributed by atoms with Crippen LogP contribution in [0.15, 0.2) is 41.0 Å². The van der Waals surface area contributed by atoms with E-state index in [9.17, 15) is 9.18 Å². The number of carboxylic acid groups (broad SMARTS) is 1. The summed E-state index contributed by atoms with van der Waals surface area (Å²) in [4.78, 5) is 31.2. The Balaban J connectivity index is 1.08. The molecule has 5 heterocycles. The Morgan fingerprint density at radius 1 is 1.11 bits per heavy atom. The van der Waals surface area contributed by atoms with Crippen molar-refractivity contribution in [2.45, 2.75) is 12.8 Å². The second kappa shape index (κ2) is 9.89. The van der Waals surface area contributed by atoms with Gasteiger partial charge in [0.2, 0.25) is 17.7 Å². The van der Waals surface area contributed by atoms with E-state index in [1.54, 1.807) is 24.5 Å². The molecular formula is C25H28FN9O3. The molecule has 0 saturated carbocycles. The largest absolute Gasteiger partial charge is 0.478 e. The lowest BCUT2D eigenvalue weighted by Gasteiger charge is -2.40. The third kappa shape index (κ3) is 4.72. The maximum Gasteiger partial charge on any atom is 0.335 e. The molecule has 38 heavy (non-hydrogen) atoms. The van der Waals surface area contributed by atoms with E-state index in [0.717, 1.165) is 51.6 Å². The molecule has 0 unspecified atom stereocenters. The highest BCUT2D eigenvalue weighted by Crippen LogP contribution is 2.26. The Morgan fingerprint density at radius 2 is 1.95 bits per heavy atom. The van der Waals surface area contributed by atoms with Crippen molar-refractivity contribution in [3.05, 3.63) is 48.0 Å². The first-order chi connectivity index (χ1) is 18.4. The van der Waals surface area contributed by atoms with Gasteiger partial charge in [0, 0.05) is 45.8 Å². The number of nitrogens with zero attached hydrogens (tertiary/aromatic N) is 8. The van der Waals surface area contributed by atoms with Gasteiger partial charge < -0.3 is 25.1 Å². The maximum absolute atomic E-state index is 14.5. The van der Waals surface area contributed by atoms with Crippen LogP contribution in [0.4, 0.5) is 22.0 Å². The van der Waals surface area contributed by atoms with Gasteiger partial charge in [-0.25, -0.2) is 9.18 Å². The first kappa shape index (κ1) is 24.1. The fourth-order valence-electron chi connectivity index (χ4n) is 5.27. The normalized spacial score (nSPS) is 18.8. The van der Waals surface area contributed by atoms with Crippen molar-refractivity contribution in [2.24, 2.45) is 5.92 Å². The van der Waals surface area contributed by atoms with E-state index in [0.29, 0.717) is 48.0 Å². The smallest absolute Gasteiger partial charge is 0.335 e. The van der Waals surface area contributed by atoms with Crippen molar-refractivity contribution < 1.29 is 18.7 Å². The number of piperazine rings is 1. The van der Waals surface area contributed by atoms with Crippen LogP contribution < -0.4 is 15.5 Å². The van der Waals surface area contributed by atoms with Crippen molar-refractivity contribution in [1.82, 2.24) is 29.5 Å². The number of anilines is 3. The van der Waals surface area contributed by atoms with E-state index in [2.05, 4.69) is 29.9 Å². The SMILES string of the molecule is Nc1nc(N2CCC[C@H](CN3CCN(c4ccc(C(=O)O)cc4F)CC3)C2)nc2nc(-c3ccco3)nn12. The van der Waals surface area contributed by atoms with Crippen LogP contribution >= 0.6 is 0 Å². The molecule has 13 heteroatoms. The molecule has 0 spiro atoms. The van der Waals surface area contributed by atoms with Gasteiger partial charge in [0.05, 0.1) is 17.5 Å². The quantitative estimate of drug-likeness (QED) is 0.386. The molecule has 1 aromatic carbocycles. The number of rotatable bonds is 6. The predicted molar refractivity (Wildman–Crippen MR) is 138 cm³/mol. The number of hydrogen-bond donors (Lipinski definition) is 2. The molecule has 12 nitrogen and oxygen atoms in total. The minimum atomic E-state index is -1.13. The molecule has 4 aromatic rings. The molecule has 3 N–H and O–H groups in total. The molecule has 0 radical (unpaired) electrons. The lowest BCUT2D eigenvalue weighted by Crippen LogP contribution is -2.50. The molecule has 0 bridgehead atoms. The molecule has 0 aliphatic carbocycles. The van der Waals surface area contributed by atoms with Crippen LogP contribution in [0.25, 0.3) is 17.4 Å². The van der Waals surface area contributed by atoms with Crippen LogP contribution in [-0.2, 0) is 0 Å². The Bertz CT molecular complexity index is 1450. The van der Waals surface area contributed by atoms with E-state index in [4.69, 9.17) is 15.3 Å². The lowest BCUT2D eigenvalue weighted by atomic mass is 9.97. The maximum atomic E-state index is 14.5. The Hall–Kier alpha value is -4.26. The van der Waals surface area contributed by atoms with Gasteiger partial charge in [0.15, 0.2) is 5.76 Å². The van der Waals surface area contributed by atoms with E-state index in [1.165, 1.54) is 10.6 Å². The molecule has 2 aliphatic heterocycles. The molecule has 2 fully saturated rings. The number of nitrogens with two attached hydrogens (primary N) is 1. The third-order valence-electron chi connectivity index (χ3n) is 7.19. The predicted octanol–water partition coefficient (Wildman–Crippen LogP) is 2.24. The number of fused-ring (bicyclic) bond motifs is 1. The Kier molecular flexibility index (Phi) is 6.27. The highest BCUT2D eigenvalue weighted by molar-refractivity contribution is 5.88. The molecule has 6 rings (SSSR count). The zero-order valence-corrected chi connectivity index (χ0v) is 20.7. The number of benzene rings is 1. The zero-order valence-electron chi connectivity index (χ0n) is 20.7. The number of furan rings is 1. The molecule has 1 atom stereocenters. The molecule has 2 saturated heterocycles.